The quantitative estimate of drug-likeness (QED) is 0.504. The second kappa shape index (κ2) is 5.86. The van der Waals surface area contributed by atoms with Crippen LogP contribution in [0.3, 0.4) is 0 Å². The Morgan fingerprint density at radius 1 is 1.50 bits per heavy atom. The van der Waals surface area contributed by atoms with Gasteiger partial charge in [-0.2, -0.15) is 0 Å². The van der Waals surface area contributed by atoms with Gasteiger partial charge in [0.15, 0.2) is 6.10 Å². The highest BCUT2D eigenvalue weighted by molar-refractivity contribution is 9.10. The van der Waals surface area contributed by atoms with Crippen LogP contribution in [-0.2, 0) is 4.79 Å². The molecule has 0 radical (unpaired) electrons. The highest BCUT2D eigenvalue weighted by atomic mass is 79.9. The number of rotatable bonds is 4. The third-order valence-electron chi connectivity index (χ3n) is 2.07. The van der Waals surface area contributed by atoms with Gasteiger partial charge in [-0.15, -0.1) is 0 Å². The van der Waals surface area contributed by atoms with Crippen LogP contribution in [0, 0.1) is 5.92 Å². The Bertz CT molecular complexity index is 369. The number of ether oxygens (including phenoxy) is 1. The molecule has 1 aromatic rings. The molecule has 88 valence electrons. The van der Waals surface area contributed by atoms with Crippen LogP contribution in [0.15, 0.2) is 28.7 Å². The molecular formula is C11H15BrN2O2. The van der Waals surface area contributed by atoms with Crippen LogP contribution in [0.5, 0.6) is 5.75 Å². The van der Waals surface area contributed by atoms with Gasteiger partial charge < -0.3 is 4.74 Å². The summed E-state index contributed by atoms with van der Waals surface area (Å²) in [6, 6.07) is 7.33. The molecule has 0 saturated carbocycles. The van der Waals surface area contributed by atoms with Crippen LogP contribution < -0.4 is 16.0 Å². The zero-order chi connectivity index (χ0) is 12.1. The summed E-state index contributed by atoms with van der Waals surface area (Å²) < 4.78 is 6.49. The third kappa shape index (κ3) is 3.50. The van der Waals surface area contributed by atoms with Crippen LogP contribution in [-0.4, -0.2) is 12.0 Å². The summed E-state index contributed by atoms with van der Waals surface area (Å²) in [4.78, 5) is 11.5. The molecule has 1 rings (SSSR count). The largest absolute Gasteiger partial charge is 0.480 e. The Morgan fingerprint density at radius 3 is 2.69 bits per heavy atom. The fraction of sp³-hybridized carbons (Fsp3) is 0.364. The molecule has 1 aromatic carbocycles. The molecule has 0 spiro atoms. The average molecular weight is 287 g/mol. The van der Waals surface area contributed by atoms with Crippen molar-refractivity contribution < 1.29 is 9.53 Å². The Kier molecular flexibility index (Phi) is 4.76. The number of hydrogen-bond donors (Lipinski definition) is 2. The maximum atomic E-state index is 11.5. The van der Waals surface area contributed by atoms with Crippen molar-refractivity contribution in [1.29, 1.82) is 0 Å². The summed E-state index contributed by atoms with van der Waals surface area (Å²) in [6.07, 6.45) is -0.584. The second-order valence-corrected chi connectivity index (χ2v) is 4.66. The van der Waals surface area contributed by atoms with E-state index in [4.69, 9.17) is 10.6 Å². The summed E-state index contributed by atoms with van der Waals surface area (Å²) in [5.74, 6) is 5.46. The van der Waals surface area contributed by atoms with E-state index in [0.717, 1.165) is 4.47 Å². The van der Waals surface area contributed by atoms with Gasteiger partial charge in [0.1, 0.15) is 5.75 Å². The molecule has 0 heterocycles. The molecule has 0 aliphatic heterocycles. The number of benzene rings is 1. The van der Waals surface area contributed by atoms with E-state index >= 15 is 0 Å². The molecule has 0 bridgehead atoms. The Labute approximate surface area is 103 Å². The monoisotopic (exact) mass is 286 g/mol. The van der Waals surface area contributed by atoms with Gasteiger partial charge in [-0.1, -0.05) is 35.8 Å². The standard InChI is InChI=1S/C11H15BrN2O2/c1-7(2)10(11(15)14-13)16-9-5-3-4-8(12)6-9/h3-7,10H,13H2,1-2H3,(H,14,15). The number of nitrogens with one attached hydrogen (secondary N) is 1. The van der Waals surface area contributed by atoms with Gasteiger partial charge in [0, 0.05) is 4.47 Å². The SMILES string of the molecule is CC(C)C(Oc1cccc(Br)c1)C(=O)NN. The van der Waals surface area contributed by atoms with Crippen molar-refractivity contribution in [3.63, 3.8) is 0 Å². The molecule has 4 nitrogen and oxygen atoms in total. The van der Waals surface area contributed by atoms with E-state index in [2.05, 4.69) is 21.4 Å². The first kappa shape index (κ1) is 13.0. The number of amides is 1. The van der Waals surface area contributed by atoms with E-state index in [0.29, 0.717) is 5.75 Å². The minimum atomic E-state index is -0.584. The fourth-order valence-corrected chi connectivity index (χ4v) is 1.64. The van der Waals surface area contributed by atoms with Gasteiger partial charge >= 0.3 is 0 Å². The summed E-state index contributed by atoms with van der Waals surface area (Å²) in [5, 5.41) is 0. The lowest BCUT2D eigenvalue weighted by atomic mass is 10.1. The lowest BCUT2D eigenvalue weighted by Crippen LogP contribution is -2.44. The smallest absolute Gasteiger partial charge is 0.275 e. The minimum Gasteiger partial charge on any atom is -0.480 e. The average Bonchev–Trinajstić information content (AvgIpc) is 2.24. The predicted molar refractivity (Wildman–Crippen MR) is 65.7 cm³/mol. The van der Waals surface area contributed by atoms with Gasteiger partial charge in [0.2, 0.25) is 0 Å². The summed E-state index contributed by atoms with van der Waals surface area (Å²) in [6.45, 7) is 3.80. The van der Waals surface area contributed by atoms with E-state index in [1.54, 1.807) is 12.1 Å². The van der Waals surface area contributed by atoms with Crippen molar-refractivity contribution in [3.8, 4) is 5.75 Å². The number of carbonyl (C=O) groups is 1. The van der Waals surface area contributed by atoms with Crippen LogP contribution >= 0.6 is 15.9 Å². The van der Waals surface area contributed by atoms with Gasteiger partial charge in [-0.25, -0.2) is 5.84 Å². The first-order valence-corrected chi connectivity index (χ1v) is 5.76. The minimum absolute atomic E-state index is 0.0440. The van der Waals surface area contributed by atoms with E-state index in [1.807, 2.05) is 26.0 Å². The second-order valence-electron chi connectivity index (χ2n) is 3.75. The first-order chi connectivity index (χ1) is 7.54. The third-order valence-corrected chi connectivity index (χ3v) is 2.56. The molecule has 16 heavy (non-hydrogen) atoms. The zero-order valence-corrected chi connectivity index (χ0v) is 10.8. The van der Waals surface area contributed by atoms with Gasteiger partial charge in [0.05, 0.1) is 0 Å². The van der Waals surface area contributed by atoms with Gasteiger partial charge in [0.25, 0.3) is 5.91 Å². The molecule has 0 aliphatic rings. The van der Waals surface area contributed by atoms with Crippen molar-refractivity contribution in [2.24, 2.45) is 11.8 Å². The highest BCUT2D eigenvalue weighted by Crippen LogP contribution is 2.20. The predicted octanol–water partition coefficient (Wildman–Crippen LogP) is 1.84. The summed E-state index contributed by atoms with van der Waals surface area (Å²) in [7, 11) is 0. The van der Waals surface area contributed by atoms with Crippen molar-refractivity contribution in [3.05, 3.63) is 28.7 Å². The molecule has 1 atom stereocenters. The van der Waals surface area contributed by atoms with Crippen molar-refractivity contribution in [2.75, 3.05) is 0 Å². The van der Waals surface area contributed by atoms with Crippen LogP contribution in [0.2, 0.25) is 0 Å². The van der Waals surface area contributed by atoms with Crippen molar-refractivity contribution in [1.82, 2.24) is 5.43 Å². The highest BCUT2D eigenvalue weighted by Gasteiger charge is 2.23. The zero-order valence-electron chi connectivity index (χ0n) is 9.24. The molecule has 0 aromatic heterocycles. The Morgan fingerprint density at radius 2 is 2.19 bits per heavy atom. The first-order valence-electron chi connectivity index (χ1n) is 4.97. The van der Waals surface area contributed by atoms with Crippen molar-refractivity contribution >= 4 is 21.8 Å². The molecule has 1 amide bonds. The van der Waals surface area contributed by atoms with Crippen LogP contribution in [0.25, 0.3) is 0 Å². The van der Waals surface area contributed by atoms with E-state index in [-0.39, 0.29) is 11.8 Å². The lowest BCUT2D eigenvalue weighted by molar-refractivity contribution is -0.129. The van der Waals surface area contributed by atoms with E-state index in [9.17, 15) is 4.79 Å². The number of halogens is 1. The molecule has 0 fully saturated rings. The summed E-state index contributed by atoms with van der Waals surface area (Å²) >= 11 is 3.34. The van der Waals surface area contributed by atoms with E-state index in [1.165, 1.54) is 0 Å². The molecule has 3 N–H and O–H groups in total. The number of nitrogens with two attached hydrogens (primary N) is 1. The number of carbonyl (C=O) groups excluding carboxylic acids is 1. The fourth-order valence-electron chi connectivity index (χ4n) is 1.26. The maximum Gasteiger partial charge on any atom is 0.275 e. The Hall–Kier alpha value is -1.07. The molecule has 1 unspecified atom stereocenters. The molecular weight excluding hydrogens is 272 g/mol. The van der Waals surface area contributed by atoms with Crippen LogP contribution in [0.4, 0.5) is 0 Å². The van der Waals surface area contributed by atoms with E-state index < -0.39 is 6.10 Å². The van der Waals surface area contributed by atoms with Crippen LogP contribution in [0.1, 0.15) is 13.8 Å². The number of hydrogen-bond acceptors (Lipinski definition) is 3. The lowest BCUT2D eigenvalue weighted by Gasteiger charge is -2.20. The van der Waals surface area contributed by atoms with Gasteiger partial charge in [-0.05, 0) is 24.1 Å². The molecule has 0 saturated heterocycles. The Balaban J connectivity index is 2.79. The van der Waals surface area contributed by atoms with Gasteiger partial charge in [-0.3, -0.25) is 10.2 Å². The topological polar surface area (TPSA) is 64.3 Å². The summed E-state index contributed by atoms with van der Waals surface area (Å²) in [5.41, 5.74) is 2.11. The number of hydrazine groups is 1. The normalized spacial score (nSPS) is 12.3. The van der Waals surface area contributed by atoms with Crippen molar-refractivity contribution in [2.45, 2.75) is 20.0 Å². The molecule has 5 heteroatoms. The maximum absolute atomic E-state index is 11.5. The molecule has 0 aliphatic carbocycles.